The number of rotatable bonds is 4. The molecule has 23 heavy (non-hydrogen) atoms. The van der Waals surface area contributed by atoms with Crippen molar-refractivity contribution in [3.63, 3.8) is 0 Å². The fourth-order valence-electron chi connectivity index (χ4n) is 1.96. The number of hydrogen-bond acceptors (Lipinski definition) is 6. The third-order valence-corrected chi connectivity index (χ3v) is 4.41. The van der Waals surface area contributed by atoms with Crippen LogP contribution in [0.15, 0.2) is 56.6 Å². The summed E-state index contributed by atoms with van der Waals surface area (Å²) >= 11 is 0. The average molecular weight is 335 g/mol. The number of aromatic nitrogens is 1. The summed E-state index contributed by atoms with van der Waals surface area (Å²) in [4.78, 5) is 23.4. The molecule has 0 radical (unpaired) electrons. The highest BCUT2D eigenvalue weighted by Gasteiger charge is 2.16. The molecule has 2 aromatic carbocycles. The minimum absolute atomic E-state index is 0.105. The van der Waals surface area contributed by atoms with Crippen molar-refractivity contribution in [2.45, 2.75) is 4.90 Å². The number of nitro groups is 1. The normalized spacial score (nSPS) is 11.5. The molecule has 0 saturated heterocycles. The Morgan fingerprint density at radius 1 is 1.13 bits per heavy atom. The first-order valence-corrected chi connectivity index (χ1v) is 7.74. The molecule has 3 aromatic rings. The van der Waals surface area contributed by atoms with Gasteiger partial charge in [-0.3, -0.25) is 19.8 Å². The summed E-state index contributed by atoms with van der Waals surface area (Å²) in [5.74, 6) is -0.683. The van der Waals surface area contributed by atoms with E-state index in [0.717, 1.165) is 0 Å². The molecule has 1 aromatic heterocycles. The van der Waals surface area contributed by atoms with Crippen LogP contribution in [0.1, 0.15) is 0 Å². The average Bonchev–Trinajstić information content (AvgIpc) is 2.86. The van der Waals surface area contributed by atoms with E-state index < -0.39 is 20.7 Å². The largest absolute Gasteiger partial charge is 0.417 e. The first-order chi connectivity index (χ1) is 10.8. The van der Waals surface area contributed by atoms with E-state index in [-0.39, 0.29) is 21.9 Å². The van der Waals surface area contributed by atoms with Crippen molar-refractivity contribution in [3.8, 4) is 0 Å². The number of sulfonamides is 1. The van der Waals surface area contributed by atoms with Crippen LogP contribution in [0.4, 0.5) is 11.4 Å². The molecule has 0 atom stereocenters. The van der Waals surface area contributed by atoms with Gasteiger partial charge in [-0.2, -0.15) is 0 Å². The topological polar surface area (TPSA) is 135 Å². The highest BCUT2D eigenvalue weighted by Crippen LogP contribution is 2.21. The molecule has 0 bridgehead atoms. The molecule has 0 aliphatic heterocycles. The second kappa shape index (κ2) is 5.25. The number of nitrogens with zero attached hydrogens (tertiary/aromatic N) is 1. The monoisotopic (exact) mass is 335 g/mol. The zero-order valence-electron chi connectivity index (χ0n) is 11.3. The summed E-state index contributed by atoms with van der Waals surface area (Å²) in [6.45, 7) is 0. The molecule has 0 fully saturated rings. The minimum Gasteiger partial charge on any atom is -0.408 e. The maximum atomic E-state index is 12.3. The van der Waals surface area contributed by atoms with Gasteiger partial charge in [0.1, 0.15) is 0 Å². The Kier molecular flexibility index (Phi) is 3.37. The Morgan fingerprint density at radius 2 is 1.83 bits per heavy atom. The van der Waals surface area contributed by atoms with Crippen molar-refractivity contribution in [2.75, 3.05) is 4.72 Å². The number of nitro benzene ring substituents is 1. The van der Waals surface area contributed by atoms with Crippen molar-refractivity contribution < 1.29 is 17.8 Å². The molecule has 10 heteroatoms. The predicted octanol–water partition coefficient (Wildman–Crippen LogP) is 1.83. The summed E-state index contributed by atoms with van der Waals surface area (Å²) in [5.41, 5.74) is 0.514. The SMILES string of the molecule is O=c1[nH]c2ccc(S(=O)(=O)Nc3ccc([N+](=O)[O-])cc3)cc2o1. The van der Waals surface area contributed by atoms with Gasteiger partial charge in [0.25, 0.3) is 15.7 Å². The first-order valence-electron chi connectivity index (χ1n) is 6.25. The van der Waals surface area contributed by atoms with E-state index in [1.807, 2.05) is 0 Å². The van der Waals surface area contributed by atoms with Crippen LogP contribution in [0.3, 0.4) is 0 Å². The summed E-state index contributed by atoms with van der Waals surface area (Å²) in [6.07, 6.45) is 0. The fourth-order valence-corrected chi connectivity index (χ4v) is 3.03. The van der Waals surface area contributed by atoms with Crippen molar-refractivity contribution in [3.05, 3.63) is 63.1 Å². The fraction of sp³-hybridized carbons (Fsp3) is 0. The van der Waals surface area contributed by atoms with Crippen LogP contribution in [0.5, 0.6) is 0 Å². The van der Waals surface area contributed by atoms with Gasteiger partial charge in [0.2, 0.25) is 0 Å². The van der Waals surface area contributed by atoms with Crippen LogP contribution in [0.25, 0.3) is 11.1 Å². The molecule has 0 spiro atoms. The van der Waals surface area contributed by atoms with Crippen LogP contribution in [-0.2, 0) is 10.0 Å². The van der Waals surface area contributed by atoms with Gasteiger partial charge in [0, 0.05) is 23.9 Å². The number of non-ortho nitro benzene ring substituents is 1. The van der Waals surface area contributed by atoms with Gasteiger partial charge in [0.05, 0.1) is 15.3 Å². The summed E-state index contributed by atoms with van der Waals surface area (Å²) in [7, 11) is -3.92. The van der Waals surface area contributed by atoms with E-state index in [1.54, 1.807) is 0 Å². The van der Waals surface area contributed by atoms with Gasteiger partial charge in [-0.1, -0.05) is 0 Å². The number of benzene rings is 2. The van der Waals surface area contributed by atoms with Gasteiger partial charge >= 0.3 is 5.76 Å². The molecule has 2 N–H and O–H groups in total. The molecule has 3 rings (SSSR count). The Bertz CT molecular complexity index is 1050. The van der Waals surface area contributed by atoms with Crippen LogP contribution < -0.4 is 10.5 Å². The molecule has 0 aliphatic rings. The summed E-state index contributed by atoms with van der Waals surface area (Å²) < 4.78 is 31.7. The molecule has 0 amide bonds. The second-order valence-corrected chi connectivity index (χ2v) is 6.26. The van der Waals surface area contributed by atoms with Crippen LogP contribution in [0, 0.1) is 10.1 Å². The van der Waals surface area contributed by atoms with Crippen molar-refractivity contribution in [2.24, 2.45) is 0 Å². The lowest BCUT2D eigenvalue weighted by atomic mass is 10.3. The number of anilines is 1. The van der Waals surface area contributed by atoms with E-state index in [0.29, 0.717) is 5.52 Å². The lowest BCUT2D eigenvalue weighted by Crippen LogP contribution is -2.12. The molecule has 1 heterocycles. The number of aromatic amines is 1. The van der Waals surface area contributed by atoms with Gasteiger partial charge in [-0.05, 0) is 24.3 Å². The third kappa shape index (κ3) is 2.92. The van der Waals surface area contributed by atoms with Crippen molar-refractivity contribution in [1.82, 2.24) is 4.98 Å². The maximum Gasteiger partial charge on any atom is 0.417 e. The number of fused-ring (bicyclic) bond motifs is 1. The molecule has 118 valence electrons. The summed E-state index contributed by atoms with van der Waals surface area (Å²) in [6, 6.07) is 8.86. The number of hydrogen-bond donors (Lipinski definition) is 2. The zero-order valence-corrected chi connectivity index (χ0v) is 12.2. The molecule has 0 saturated carbocycles. The molecule has 0 unspecified atom stereocenters. The first kappa shape index (κ1) is 14.8. The molecule has 0 aliphatic carbocycles. The lowest BCUT2D eigenvalue weighted by Gasteiger charge is -2.07. The smallest absolute Gasteiger partial charge is 0.408 e. The van der Waals surface area contributed by atoms with E-state index in [9.17, 15) is 23.3 Å². The van der Waals surface area contributed by atoms with Crippen LogP contribution >= 0.6 is 0 Å². The van der Waals surface area contributed by atoms with Gasteiger partial charge < -0.3 is 4.42 Å². The lowest BCUT2D eigenvalue weighted by molar-refractivity contribution is -0.384. The zero-order chi connectivity index (χ0) is 16.6. The molecule has 9 nitrogen and oxygen atoms in total. The van der Waals surface area contributed by atoms with E-state index in [4.69, 9.17) is 4.42 Å². The highest BCUT2D eigenvalue weighted by atomic mass is 32.2. The summed E-state index contributed by atoms with van der Waals surface area (Å²) in [5, 5.41) is 10.6. The van der Waals surface area contributed by atoms with E-state index in [1.165, 1.54) is 42.5 Å². The Balaban J connectivity index is 1.93. The van der Waals surface area contributed by atoms with Crippen molar-refractivity contribution >= 4 is 32.5 Å². The van der Waals surface area contributed by atoms with Gasteiger partial charge in [-0.25, -0.2) is 13.2 Å². The van der Waals surface area contributed by atoms with Crippen LogP contribution in [0.2, 0.25) is 0 Å². The van der Waals surface area contributed by atoms with E-state index >= 15 is 0 Å². The number of H-pyrrole nitrogens is 1. The van der Waals surface area contributed by atoms with Gasteiger partial charge in [0.15, 0.2) is 5.58 Å². The highest BCUT2D eigenvalue weighted by molar-refractivity contribution is 7.92. The Hall–Kier alpha value is -3.14. The standard InChI is InChI=1S/C13H9N3O6S/c17-13-14-11-6-5-10(7-12(11)22-13)23(20,21)15-8-1-3-9(4-2-8)16(18)19/h1-7,15H,(H,14,17). The van der Waals surface area contributed by atoms with Gasteiger partial charge in [-0.15, -0.1) is 0 Å². The predicted molar refractivity (Wildman–Crippen MR) is 80.7 cm³/mol. The maximum absolute atomic E-state index is 12.3. The Morgan fingerprint density at radius 3 is 2.48 bits per heavy atom. The minimum atomic E-state index is -3.92. The molecular weight excluding hydrogens is 326 g/mol. The van der Waals surface area contributed by atoms with E-state index in [2.05, 4.69) is 9.71 Å². The molecular formula is C13H9N3O6S. The third-order valence-electron chi connectivity index (χ3n) is 3.03. The number of nitrogens with one attached hydrogen (secondary N) is 2. The number of oxazole rings is 1. The Labute approximate surface area is 128 Å². The van der Waals surface area contributed by atoms with Crippen LogP contribution in [-0.4, -0.2) is 18.3 Å². The van der Waals surface area contributed by atoms with Crippen molar-refractivity contribution in [1.29, 1.82) is 0 Å². The quantitative estimate of drug-likeness (QED) is 0.551. The second-order valence-electron chi connectivity index (χ2n) is 4.58.